The van der Waals surface area contributed by atoms with E-state index in [1.807, 2.05) is 43.4 Å². The predicted molar refractivity (Wildman–Crippen MR) is 95.6 cm³/mol. The van der Waals surface area contributed by atoms with Crippen LogP contribution in [0.5, 0.6) is 0 Å². The number of carboxylic acids is 1. The van der Waals surface area contributed by atoms with Gasteiger partial charge in [0.15, 0.2) is 0 Å². The summed E-state index contributed by atoms with van der Waals surface area (Å²) >= 11 is 0. The quantitative estimate of drug-likeness (QED) is 0.443. The van der Waals surface area contributed by atoms with Gasteiger partial charge in [0.05, 0.1) is 6.10 Å². The van der Waals surface area contributed by atoms with Gasteiger partial charge in [-0.05, 0) is 37.7 Å². The molecule has 0 aromatic carbocycles. The fraction of sp³-hybridized carbons (Fsp3) is 0.500. The topological polar surface area (TPSA) is 74.6 Å². The highest BCUT2D eigenvalue weighted by Crippen LogP contribution is 2.27. The van der Waals surface area contributed by atoms with Crippen molar-refractivity contribution in [2.45, 2.75) is 58.0 Å². The Morgan fingerprint density at radius 3 is 2.83 bits per heavy atom. The number of carbonyl (C=O) groups excluding carboxylic acids is 1. The van der Waals surface area contributed by atoms with Gasteiger partial charge in [-0.3, -0.25) is 9.59 Å². The number of unbranched alkanes of at least 4 members (excludes halogenated alkanes) is 1. The van der Waals surface area contributed by atoms with Crippen LogP contribution in [-0.4, -0.2) is 28.1 Å². The highest BCUT2D eigenvalue weighted by atomic mass is 16.4. The highest BCUT2D eigenvalue weighted by molar-refractivity contribution is 5.89. The van der Waals surface area contributed by atoms with Crippen molar-refractivity contribution >= 4 is 11.8 Å². The van der Waals surface area contributed by atoms with Crippen molar-refractivity contribution in [1.82, 2.24) is 0 Å². The summed E-state index contributed by atoms with van der Waals surface area (Å²) in [6.07, 6.45) is 17.0. The van der Waals surface area contributed by atoms with Gasteiger partial charge in [-0.2, -0.15) is 0 Å². The smallest absolute Gasteiger partial charge is 0.303 e. The molecule has 0 saturated carbocycles. The molecule has 0 heterocycles. The molecule has 2 atom stereocenters. The van der Waals surface area contributed by atoms with Gasteiger partial charge in [-0.1, -0.05) is 49.5 Å². The minimum absolute atomic E-state index is 0.143. The monoisotopic (exact) mass is 332 g/mol. The predicted octanol–water partition coefficient (Wildman–Crippen LogP) is 3.98. The molecule has 0 aromatic rings. The van der Waals surface area contributed by atoms with Crippen molar-refractivity contribution in [3.63, 3.8) is 0 Å². The lowest BCUT2D eigenvalue weighted by Gasteiger charge is -2.09. The van der Waals surface area contributed by atoms with Crippen LogP contribution in [0, 0.1) is 5.92 Å². The number of aliphatic carboxylic acids is 1. The molecule has 2 N–H and O–H groups in total. The van der Waals surface area contributed by atoms with Crippen LogP contribution in [0.4, 0.5) is 0 Å². The number of Topliss-reactive ketones (excluding diaryl/α,β-unsaturated/α-hetero) is 1. The zero-order valence-electron chi connectivity index (χ0n) is 14.4. The van der Waals surface area contributed by atoms with Crippen LogP contribution >= 0.6 is 0 Å². The van der Waals surface area contributed by atoms with E-state index < -0.39 is 12.1 Å². The molecule has 1 aliphatic carbocycles. The van der Waals surface area contributed by atoms with Gasteiger partial charge in [-0.15, -0.1) is 0 Å². The van der Waals surface area contributed by atoms with E-state index in [-0.39, 0.29) is 18.1 Å². The van der Waals surface area contributed by atoms with E-state index in [0.717, 1.165) is 12.0 Å². The highest BCUT2D eigenvalue weighted by Gasteiger charge is 2.24. The first kappa shape index (κ1) is 20.1. The Morgan fingerprint density at radius 2 is 2.12 bits per heavy atom. The summed E-state index contributed by atoms with van der Waals surface area (Å²) in [7, 11) is 0. The Kier molecular flexibility index (Phi) is 9.70. The van der Waals surface area contributed by atoms with Gasteiger partial charge in [0.25, 0.3) is 0 Å². The lowest BCUT2D eigenvalue weighted by molar-refractivity contribution is -0.137. The number of hydrogen-bond donors (Lipinski definition) is 2. The Bertz CT molecular complexity index is 526. The molecule has 0 aromatic heterocycles. The SMILES string of the molecule is CCC=CCC(O)C=CC1=CCC(=O)C1CC=CCCCC(=O)O. The average Bonchev–Trinajstić information content (AvgIpc) is 2.89. The van der Waals surface area contributed by atoms with Crippen LogP contribution in [0.25, 0.3) is 0 Å². The molecule has 0 saturated heterocycles. The van der Waals surface area contributed by atoms with Crippen LogP contribution in [0.3, 0.4) is 0 Å². The maximum Gasteiger partial charge on any atom is 0.303 e. The number of carboxylic acid groups (broad SMARTS) is 1. The first-order valence-corrected chi connectivity index (χ1v) is 8.65. The molecule has 24 heavy (non-hydrogen) atoms. The second kappa shape index (κ2) is 11.6. The molecule has 132 valence electrons. The number of aliphatic hydroxyl groups is 1. The zero-order chi connectivity index (χ0) is 17.8. The van der Waals surface area contributed by atoms with E-state index in [2.05, 4.69) is 0 Å². The lowest BCUT2D eigenvalue weighted by atomic mass is 9.95. The molecule has 0 amide bonds. The van der Waals surface area contributed by atoms with Crippen molar-refractivity contribution in [3.05, 3.63) is 48.1 Å². The molecule has 2 unspecified atom stereocenters. The van der Waals surface area contributed by atoms with Crippen LogP contribution in [0.15, 0.2) is 48.1 Å². The Labute approximate surface area is 144 Å². The van der Waals surface area contributed by atoms with Crippen molar-refractivity contribution in [2.75, 3.05) is 0 Å². The van der Waals surface area contributed by atoms with Crippen LogP contribution in [-0.2, 0) is 9.59 Å². The van der Waals surface area contributed by atoms with Crippen LogP contribution in [0.1, 0.15) is 51.9 Å². The largest absolute Gasteiger partial charge is 0.481 e. The minimum Gasteiger partial charge on any atom is -0.481 e. The maximum atomic E-state index is 12.0. The van der Waals surface area contributed by atoms with Gasteiger partial charge in [0, 0.05) is 18.8 Å². The van der Waals surface area contributed by atoms with E-state index in [1.54, 1.807) is 6.08 Å². The van der Waals surface area contributed by atoms with Gasteiger partial charge < -0.3 is 10.2 Å². The molecule has 1 aliphatic rings. The third-order valence-electron chi connectivity index (χ3n) is 3.92. The average molecular weight is 332 g/mol. The molecule has 0 radical (unpaired) electrons. The fourth-order valence-corrected chi connectivity index (χ4v) is 2.56. The zero-order valence-corrected chi connectivity index (χ0v) is 14.4. The van der Waals surface area contributed by atoms with Crippen molar-refractivity contribution in [2.24, 2.45) is 5.92 Å². The number of carbonyl (C=O) groups is 2. The van der Waals surface area contributed by atoms with E-state index in [4.69, 9.17) is 5.11 Å². The Morgan fingerprint density at radius 1 is 1.33 bits per heavy atom. The lowest BCUT2D eigenvalue weighted by Crippen LogP contribution is -2.09. The van der Waals surface area contributed by atoms with Crippen molar-refractivity contribution in [1.29, 1.82) is 0 Å². The first-order chi connectivity index (χ1) is 11.5. The number of ketones is 1. The van der Waals surface area contributed by atoms with Crippen LogP contribution < -0.4 is 0 Å². The molecule has 4 nitrogen and oxygen atoms in total. The molecule has 0 aliphatic heterocycles. The molecular formula is C20H28O4. The molecule has 1 rings (SSSR count). The third-order valence-corrected chi connectivity index (χ3v) is 3.92. The number of allylic oxidation sites excluding steroid dienone is 6. The minimum atomic E-state index is -0.780. The number of hydrogen-bond acceptors (Lipinski definition) is 3. The summed E-state index contributed by atoms with van der Waals surface area (Å²) in [5, 5.41) is 18.5. The van der Waals surface area contributed by atoms with Gasteiger partial charge in [-0.25, -0.2) is 0 Å². The molecule has 0 bridgehead atoms. The molecule has 0 fully saturated rings. The van der Waals surface area contributed by atoms with Gasteiger partial charge in [0.2, 0.25) is 0 Å². The molecule has 4 heteroatoms. The summed E-state index contributed by atoms with van der Waals surface area (Å²) in [6, 6.07) is 0. The Hall–Kier alpha value is -1.94. The standard InChI is InChI=1S/C20H28O4/c1-2-3-6-9-17(21)14-12-16-13-15-19(22)18(16)10-7-4-5-8-11-20(23)24/h3-4,6-7,12-14,17-18,21H,2,5,8-11,15H2,1H3,(H,23,24). The number of aliphatic hydroxyl groups excluding tert-OH is 1. The number of rotatable bonds is 11. The summed E-state index contributed by atoms with van der Waals surface area (Å²) in [6.45, 7) is 2.05. The Balaban J connectivity index is 2.44. The van der Waals surface area contributed by atoms with E-state index in [0.29, 0.717) is 32.1 Å². The second-order valence-electron chi connectivity index (χ2n) is 5.96. The van der Waals surface area contributed by atoms with Crippen molar-refractivity contribution < 1.29 is 19.8 Å². The van der Waals surface area contributed by atoms with E-state index in [9.17, 15) is 14.7 Å². The van der Waals surface area contributed by atoms with E-state index in [1.165, 1.54) is 0 Å². The maximum absolute atomic E-state index is 12.0. The fourth-order valence-electron chi connectivity index (χ4n) is 2.56. The summed E-state index contributed by atoms with van der Waals surface area (Å²) in [4.78, 5) is 22.4. The van der Waals surface area contributed by atoms with E-state index >= 15 is 0 Å². The summed E-state index contributed by atoms with van der Waals surface area (Å²) in [5.74, 6) is -0.724. The third kappa shape index (κ3) is 8.06. The molecule has 0 spiro atoms. The summed E-state index contributed by atoms with van der Waals surface area (Å²) < 4.78 is 0. The first-order valence-electron chi connectivity index (χ1n) is 8.65. The van der Waals surface area contributed by atoms with Gasteiger partial charge in [0.1, 0.15) is 5.78 Å². The van der Waals surface area contributed by atoms with Crippen molar-refractivity contribution in [3.8, 4) is 0 Å². The van der Waals surface area contributed by atoms with Crippen LogP contribution in [0.2, 0.25) is 0 Å². The second-order valence-corrected chi connectivity index (χ2v) is 5.96. The van der Waals surface area contributed by atoms with Gasteiger partial charge >= 0.3 is 5.97 Å². The normalized spacial score (nSPS) is 19.7. The molecular weight excluding hydrogens is 304 g/mol. The summed E-state index contributed by atoms with van der Waals surface area (Å²) in [5.41, 5.74) is 0.966.